The van der Waals surface area contributed by atoms with Gasteiger partial charge in [-0.25, -0.2) is 0 Å². The molecule has 0 bridgehead atoms. The monoisotopic (exact) mass is 479 g/mol. The van der Waals surface area contributed by atoms with Crippen LogP contribution in [0.5, 0.6) is 0 Å². The van der Waals surface area contributed by atoms with E-state index in [1.807, 2.05) is 67.6 Å². The maximum atomic E-state index is 13.3. The topological polar surface area (TPSA) is 76.7 Å². The highest BCUT2D eigenvalue weighted by molar-refractivity contribution is 7.90. The van der Waals surface area contributed by atoms with E-state index in [-0.39, 0.29) is 10.4 Å². The van der Waals surface area contributed by atoms with Gasteiger partial charge in [-0.2, -0.15) is 8.42 Å². The SMILES string of the molecule is Cc1ccc(S(=O)(=O)/N=c2\oc3ccc(C=O)cc3c(-c3ccccc3)c2-c2ccccc2)cc1. The fourth-order valence-electron chi connectivity index (χ4n) is 4.02. The molecule has 0 saturated heterocycles. The molecule has 0 aliphatic rings. The summed E-state index contributed by atoms with van der Waals surface area (Å²) in [5, 5.41) is 0.686. The van der Waals surface area contributed by atoms with Gasteiger partial charge in [-0.15, -0.1) is 4.40 Å². The van der Waals surface area contributed by atoms with Crippen molar-refractivity contribution in [2.45, 2.75) is 11.8 Å². The van der Waals surface area contributed by atoms with Crippen molar-refractivity contribution in [3.8, 4) is 22.3 Å². The molecule has 6 heteroatoms. The van der Waals surface area contributed by atoms with Crippen LogP contribution in [0.1, 0.15) is 15.9 Å². The molecule has 0 unspecified atom stereocenters. The summed E-state index contributed by atoms with van der Waals surface area (Å²) in [6.07, 6.45) is 0.774. The van der Waals surface area contributed by atoms with E-state index in [9.17, 15) is 13.2 Å². The van der Waals surface area contributed by atoms with Gasteiger partial charge < -0.3 is 4.42 Å². The number of aldehydes is 1. The zero-order valence-corrected chi connectivity index (χ0v) is 19.7. The number of hydrogen-bond acceptors (Lipinski definition) is 4. The number of fused-ring (bicyclic) bond motifs is 1. The first-order chi connectivity index (χ1) is 17.0. The Morgan fingerprint density at radius 2 is 1.34 bits per heavy atom. The van der Waals surface area contributed by atoms with Crippen molar-refractivity contribution in [2.24, 2.45) is 4.40 Å². The fraction of sp³-hybridized carbons (Fsp3) is 0.0345. The minimum Gasteiger partial charge on any atom is -0.437 e. The molecule has 0 N–H and O–H groups in total. The lowest BCUT2D eigenvalue weighted by atomic mass is 9.92. The van der Waals surface area contributed by atoms with Crippen molar-refractivity contribution in [1.82, 2.24) is 0 Å². The lowest BCUT2D eigenvalue weighted by Crippen LogP contribution is -2.13. The number of hydrogen-bond donors (Lipinski definition) is 0. The van der Waals surface area contributed by atoms with Gasteiger partial charge in [-0.1, -0.05) is 78.4 Å². The molecule has 35 heavy (non-hydrogen) atoms. The lowest BCUT2D eigenvalue weighted by Gasteiger charge is -2.14. The van der Waals surface area contributed by atoms with Gasteiger partial charge in [0.2, 0.25) is 5.55 Å². The summed E-state index contributed by atoms with van der Waals surface area (Å²) >= 11 is 0. The normalized spacial score (nSPS) is 12.1. The first kappa shape index (κ1) is 22.5. The molecule has 5 aromatic rings. The van der Waals surface area contributed by atoms with Crippen molar-refractivity contribution in [1.29, 1.82) is 0 Å². The van der Waals surface area contributed by atoms with Gasteiger partial charge in [-0.05, 0) is 48.4 Å². The van der Waals surface area contributed by atoms with E-state index in [1.165, 1.54) is 12.1 Å². The molecular formula is C29H21NO4S. The van der Waals surface area contributed by atoms with Crippen LogP contribution in [0.4, 0.5) is 0 Å². The average molecular weight is 480 g/mol. The van der Waals surface area contributed by atoms with Crippen molar-refractivity contribution >= 4 is 27.3 Å². The molecule has 0 radical (unpaired) electrons. The van der Waals surface area contributed by atoms with Crippen LogP contribution in [0, 0.1) is 6.92 Å². The minimum atomic E-state index is -4.07. The third-order valence-corrected chi connectivity index (χ3v) is 7.00. The van der Waals surface area contributed by atoms with Gasteiger partial charge in [0.25, 0.3) is 10.0 Å². The molecule has 172 valence electrons. The summed E-state index contributed by atoms with van der Waals surface area (Å²) in [7, 11) is -4.07. The zero-order valence-electron chi connectivity index (χ0n) is 18.9. The number of rotatable bonds is 5. The summed E-state index contributed by atoms with van der Waals surface area (Å²) in [6.45, 7) is 1.89. The predicted octanol–water partition coefficient (Wildman–Crippen LogP) is 6.18. The Bertz CT molecular complexity index is 1700. The Balaban J connectivity index is 1.94. The Kier molecular flexibility index (Phi) is 5.89. The largest absolute Gasteiger partial charge is 0.437 e. The first-order valence-corrected chi connectivity index (χ1v) is 12.4. The van der Waals surface area contributed by atoms with Gasteiger partial charge in [0.05, 0.1) is 10.5 Å². The summed E-state index contributed by atoms with van der Waals surface area (Å²) in [6, 6.07) is 30.6. The average Bonchev–Trinajstić information content (AvgIpc) is 2.88. The smallest absolute Gasteiger partial charge is 0.285 e. The van der Waals surface area contributed by atoms with Gasteiger partial charge in [0.1, 0.15) is 11.9 Å². The van der Waals surface area contributed by atoms with Crippen molar-refractivity contribution < 1.29 is 17.6 Å². The standard InChI is InChI=1S/C29H21NO4S/c1-20-12-15-24(16-13-20)35(32,33)30-29-28(23-10-6-3-7-11-23)27(22-8-4-2-5-9-22)25-18-21(19-31)14-17-26(25)34-29/h2-19H,1H3/b30-29-. The van der Waals surface area contributed by atoms with Gasteiger partial charge >= 0.3 is 0 Å². The molecule has 0 aliphatic carbocycles. The Hall–Kier alpha value is -4.29. The molecule has 1 aromatic heterocycles. The molecule has 1 heterocycles. The second kappa shape index (κ2) is 9.16. The van der Waals surface area contributed by atoms with E-state index in [2.05, 4.69) is 4.40 Å². The van der Waals surface area contributed by atoms with E-state index in [0.29, 0.717) is 22.1 Å². The summed E-state index contributed by atoms with van der Waals surface area (Å²) in [5.74, 6) is 0. The van der Waals surface area contributed by atoms with Gasteiger partial charge in [-0.3, -0.25) is 4.79 Å². The number of benzene rings is 4. The molecular weight excluding hydrogens is 458 g/mol. The molecule has 0 amide bonds. The van der Waals surface area contributed by atoms with E-state index in [4.69, 9.17) is 4.42 Å². The van der Waals surface area contributed by atoms with Crippen LogP contribution in [0.25, 0.3) is 33.2 Å². The molecule has 0 fully saturated rings. The summed E-state index contributed by atoms with van der Waals surface area (Å²) < 4.78 is 36.9. The number of sulfonamides is 1. The third kappa shape index (κ3) is 4.44. The van der Waals surface area contributed by atoms with E-state index in [1.54, 1.807) is 30.3 Å². The molecule has 0 saturated carbocycles. The summed E-state index contributed by atoms with van der Waals surface area (Å²) in [4.78, 5) is 11.6. The van der Waals surface area contributed by atoms with E-state index < -0.39 is 10.0 Å². The summed E-state index contributed by atoms with van der Waals surface area (Å²) in [5.41, 5.74) is 4.69. The van der Waals surface area contributed by atoms with Crippen LogP contribution in [0.3, 0.4) is 0 Å². The zero-order chi connectivity index (χ0) is 24.4. The second-order valence-electron chi connectivity index (χ2n) is 8.14. The van der Waals surface area contributed by atoms with Crippen LogP contribution in [0.15, 0.2) is 117 Å². The molecule has 0 aliphatic heterocycles. The molecule has 4 aromatic carbocycles. The molecule has 5 nitrogen and oxygen atoms in total. The van der Waals surface area contributed by atoms with Crippen LogP contribution in [-0.4, -0.2) is 14.7 Å². The Labute approximate surface area is 203 Å². The first-order valence-electron chi connectivity index (χ1n) is 11.0. The van der Waals surface area contributed by atoms with E-state index in [0.717, 1.165) is 28.5 Å². The highest BCUT2D eigenvalue weighted by Gasteiger charge is 2.20. The number of aryl methyl sites for hydroxylation is 1. The molecule has 0 spiro atoms. The van der Waals surface area contributed by atoms with Crippen molar-refractivity contribution in [3.63, 3.8) is 0 Å². The van der Waals surface area contributed by atoms with Crippen molar-refractivity contribution in [2.75, 3.05) is 0 Å². The molecule has 5 rings (SSSR count). The maximum absolute atomic E-state index is 13.3. The lowest BCUT2D eigenvalue weighted by molar-refractivity contribution is 0.112. The Morgan fingerprint density at radius 3 is 1.94 bits per heavy atom. The van der Waals surface area contributed by atoms with Crippen LogP contribution in [0.2, 0.25) is 0 Å². The van der Waals surface area contributed by atoms with Crippen molar-refractivity contribution in [3.05, 3.63) is 120 Å². The highest BCUT2D eigenvalue weighted by atomic mass is 32.2. The van der Waals surface area contributed by atoms with Crippen LogP contribution in [-0.2, 0) is 10.0 Å². The third-order valence-electron chi connectivity index (χ3n) is 5.73. The highest BCUT2D eigenvalue weighted by Crippen LogP contribution is 2.36. The maximum Gasteiger partial charge on any atom is 0.285 e. The second-order valence-corrected chi connectivity index (χ2v) is 9.75. The number of nitrogens with zero attached hydrogens (tertiary/aromatic N) is 1. The Morgan fingerprint density at radius 1 is 0.743 bits per heavy atom. The van der Waals surface area contributed by atoms with Crippen LogP contribution < -0.4 is 5.55 Å². The quantitative estimate of drug-likeness (QED) is 0.282. The molecule has 0 atom stereocenters. The number of carbonyl (C=O) groups is 1. The number of carbonyl (C=O) groups excluding carboxylic acids is 1. The van der Waals surface area contributed by atoms with E-state index >= 15 is 0 Å². The fourth-order valence-corrected chi connectivity index (χ4v) is 4.95. The van der Waals surface area contributed by atoms with Crippen LogP contribution >= 0.6 is 0 Å². The van der Waals surface area contributed by atoms with Gasteiger partial charge in [0.15, 0.2) is 0 Å². The minimum absolute atomic E-state index is 0.0259. The van der Waals surface area contributed by atoms with Gasteiger partial charge in [0, 0.05) is 16.5 Å². The predicted molar refractivity (Wildman–Crippen MR) is 136 cm³/mol.